The lowest BCUT2D eigenvalue weighted by Gasteiger charge is -2.21. The number of carbonyl (C=O) groups is 1. The van der Waals surface area contributed by atoms with E-state index in [9.17, 15) is 4.79 Å². The van der Waals surface area contributed by atoms with Crippen molar-refractivity contribution in [1.82, 2.24) is 4.90 Å². The Kier molecular flexibility index (Phi) is 6.91. The Bertz CT molecular complexity index is 395. The molecule has 1 rings (SSSR count). The van der Waals surface area contributed by atoms with E-state index in [1.165, 1.54) is 5.69 Å². The number of likely N-dealkylation sites (N-methyl/N-ethyl adjacent to an activating group) is 1. The molecule has 112 valence electrons. The molecule has 0 atom stereocenters. The monoisotopic (exact) mass is 277 g/mol. The Morgan fingerprint density at radius 1 is 0.950 bits per heavy atom. The second kappa shape index (κ2) is 8.46. The van der Waals surface area contributed by atoms with E-state index in [2.05, 4.69) is 36.2 Å². The van der Waals surface area contributed by atoms with Gasteiger partial charge in [0.25, 0.3) is 0 Å². The van der Waals surface area contributed by atoms with Gasteiger partial charge in [-0.05, 0) is 52.0 Å². The highest BCUT2D eigenvalue weighted by atomic mass is 16.2. The summed E-state index contributed by atoms with van der Waals surface area (Å²) in [5.41, 5.74) is 2.21. The zero-order chi connectivity index (χ0) is 15.0. The van der Waals surface area contributed by atoms with Gasteiger partial charge >= 0.3 is 0 Å². The van der Waals surface area contributed by atoms with Crippen molar-refractivity contribution in [3.05, 3.63) is 24.3 Å². The average molecular weight is 277 g/mol. The number of nitrogens with zero attached hydrogens (tertiary/aromatic N) is 2. The van der Waals surface area contributed by atoms with Gasteiger partial charge in [0, 0.05) is 37.6 Å². The van der Waals surface area contributed by atoms with Gasteiger partial charge in [-0.25, -0.2) is 0 Å². The van der Waals surface area contributed by atoms with E-state index in [4.69, 9.17) is 0 Å². The summed E-state index contributed by atoms with van der Waals surface area (Å²) in [6, 6.07) is 8.25. The van der Waals surface area contributed by atoms with Crippen LogP contribution in [0, 0.1) is 0 Å². The number of anilines is 2. The molecule has 1 amide bonds. The first-order valence-electron chi connectivity index (χ1n) is 7.52. The Labute approximate surface area is 122 Å². The summed E-state index contributed by atoms with van der Waals surface area (Å²) in [6.07, 6.45) is 0. The van der Waals surface area contributed by atoms with E-state index in [-0.39, 0.29) is 5.91 Å². The van der Waals surface area contributed by atoms with E-state index in [1.54, 1.807) is 0 Å². The molecule has 0 spiro atoms. The number of nitrogens with one attached hydrogen (secondary N) is 1. The zero-order valence-corrected chi connectivity index (χ0v) is 13.1. The first-order chi connectivity index (χ1) is 9.65. The van der Waals surface area contributed by atoms with Crippen LogP contribution in [0.3, 0.4) is 0 Å². The molecule has 1 N–H and O–H groups in total. The SMILES string of the molecule is CCN(CC)C(=O)CNc1ccc(N(CC)CC)cc1. The predicted molar refractivity (Wildman–Crippen MR) is 86.4 cm³/mol. The maximum atomic E-state index is 11.9. The van der Waals surface area contributed by atoms with Crippen molar-refractivity contribution in [2.45, 2.75) is 27.7 Å². The minimum absolute atomic E-state index is 0.141. The van der Waals surface area contributed by atoms with Gasteiger partial charge in [0.2, 0.25) is 5.91 Å². The van der Waals surface area contributed by atoms with Crippen molar-refractivity contribution in [3.63, 3.8) is 0 Å². The van der Waals surface area contributed by atoms with Gasteiger partial charge in [-0.3, -0.25) is 4.79 Å². The van der Waals surface area contributed by atoms with Crippen molar-refractivity contribution in [1.29, 1.82) is 0 Å². The molecule has 0 fully saturated rings. The van der Waals surface area contributed by atoms with E-state index >= 15 is 0 Å². The smallest absolute Gasteiger partial charge is 0.241 e. The molecule has 0 saturated carbocycles. The number of amides is 1. The highest BCUT2D eigenvalue weighted by molar-refractivity contribution is 5.80. The summed E-state index contributed by atoms with van der Waals surface area (Å²) >= 11 is 0. The molecule has 4 heteroatoms. The first-order valence-corrected chi connectivity index (χ1v) is 7.52. The van der Waals surface area contributed by atoms with Crippen molar-refractivity contribution >= 4 is 17.3 Å². The first kappa shape index (κ1) is 16.3. The largest absolute Gasteiger partial charge is 0.376 e. The summed E-state index contributed by atoms with van der Waals surface area (Å²) in [6.45, 7) is 12.2. The fourth-order valence-corrected chi connectivity index (χ4v) is 2.24. The lowest BCUT2D eigenvalue weighted by atomic mass is 10.2. The van der Waals surface area contributed by atoms with Crippen molar-refractivity contribution in [2.75, 3.05) is 42.9 Å². The van der Waals surface area contributed by atoms with Crippen LogP contribution in [0.5, 0.6) is 0 Å². The van der Waals surface area contributed by atoms with Crippen LogP contribution in [0.2, 0.25) is 0 Å². The number of rotatable bonds is 8. The van der Waals surface area contributed by atoms with Gasteiger partial charge in [-0.1, -0.05) is 0 Å². The van der Waals surface area contributed by atoms with Gasteiger partial charge in [0.1, 0.15) is 0 Å². The molecule has 4 nitrogen and oxygen atoms in total. The summed E-state index contributed by atoms with van der Waals surface area (Å²) in [5.74, 6) is 0.141. The van der Waals surface area contributed by atoms with Gasteiger partial charge in [-0.2, -0.15) is 0 Å². The van der Waals surface area contributed by atoms with Crippen molar-refractivity contribution in [3.8, 4) is 0 Å². The molecule has 1 aromatic carbocycles. The number of hydrogen-bond donors (Lipinski definition) is 1. The molecule has 0 radical (unpaired) electrons. The minimum atomic E-state index is 0.141. The standard InChI is InChI=1S/C16H27N3O/c1-5-18(6-2)15-11-9-14(10-12-15)17-13-16(20)19(7-3)8-4/h9-12,17H,5-8,13H2,1-4H3. The van der Waals surface area contributed by atoms with Crippen LogP contribution in [0.15, 0.2) is 24.3 Å². The van der Waals surface area contributed by atoms with E-state index in [0.717, 1.165) is 31.9 Å². The van der Waals surface area contributed by atoms with Gasteiger partial charge < -0.3 is 15.1 Å². The molecule has 1 aromatic rings. The quantitative estimate of drug-likeness (QED) is 0.793. The average Bonchev–Trinajstić information content (AvgIpc) is 2.49. The van der Waals surface area contributed by atoms with E-state index in [0.29, 0.717) is 6.54 Å². The highest BCUT2D eigenvalue weighted by Crippen LogP contribution is 2.17. The lowest BCUT2D eigenvalue weighted by molar-refractivity contribution is -0.128. The van der Waals surface area contributed by atoms with Crippen LogP contribution in [0.1, 0.15) is 27.7 Å². The van der Waals surface area contributed by atoms with E-state index in [1.807, 2.05) is 30.9 Å². The predicted octanol–water partition coefficient (Wildman–Crippen LogP) is 2.81. The molecular weight excluding hydrogens is 250 g/mol. The fourth-order valence-electron chi connectivity index (χ4n) is 2.24. The Hall–Kier alpha value is -1.71. The van der Waals surface area contributed by atoms with E-state index < -0.39 is 0 Å². The maximum Gasteiger partial charge on any atom is 0.241 e. The molecular formula is C16H27N3O. The fraction of sp³-hybridized carbons (Fsp3) is 0.562. The molecule has 0 saturated heterocycles. The molecule has 0 aliphatic heterocycles. The van der Waals surface area contributed by atoms with Gasteiger partial charge in [-0.15, -0.1) is 0 Å². The zero-order valence-electron chi connectivity index (χ0n) is 13.1. The van der Waals surface area contributed by atoms with Crippen LogP contribution in [0.4, 0.5) is 11.4 Å². The van der Waals surface area contributed by atoms with Crippen LogP contribution in [0.25, 0.3) is 0 Å². The van der Waals surface area contributed by atoms with Gasteiger partial charge in [0.05, 0.1) is 6.54 Å². The molecule has 0 unspecified atom stereocenters. The summed E-state index contributed by atoms with van der Waals surface area (Å²) < 4.78 is 0. The molecule has 0 aliphatic carbocycles. The van der Waals surface area contributed by atoms with Crippen LogP contribution in [-0.4, -0.2) is 43.5 Å². The van der Waals surface area contributed by atoms with Crippen LogP contribution < -0.4 is 10.2 Å². The minimum Gasteiger partial charge on any atom is -0.376 e. The molecule has 0 heterocycles. The van der Waals surface area contributed by atoms with Crippen LogP contribution >= 0.6 is 0 Å². The second-order valence-electron chi connectivity index (χ2n) is 4.64. The molecule has 0 aromatic heterocycles. The number of benzene rings is 1. The normalized spacial score (nSPS) is 10.2. The second-order valence-corrected chi connectivity index (χ2v) is 4.64. The Morgan fingerprint density at radius 2 is 1.50 bits per heavy atom. The summed E-state index contributed by atoms with van der Waals surface area (Å²) in [4.78, 5) is 16.0. The molecule has 0 bridgehead atoms. The topological polar surface area (TPSA) is 35.6 Å². The number of carbonyl (C=O) groups excluding carboxylic acids is 1. The van der Waals surface area contributed by atoms with Crippen molar-refractivity contribution < 1.29 is 4.79 Å². The lowest BCUT2D eigenvalue weighted by Crippen LogP contribution is -2.35. The van der Waals surface area contributed by atoms with Crippen LogP contribution in [-0.2, 0) is 4.79 Å². The highest BCUT2D eigenvalue weighted by Gasteiger charge is 2.08. The third kappa shape index (κ3) is 4.44. The number of hydrogen-bond acceptors (Lipinski definition) is 3. The van der Waals surface area contributed by atoms with Gasteiger partial charge in [0.15, 0.2) is 0 Å². The Balaban J connectivity index is 2.55. The third-order valence-electron chi connectivity index (χ3n) is 3.56. The maximum absolute atomic E-state index is 11.9. The summed E-state index contributed by atoms with van der Waals surface area (Å²) in [7, 11) is 0. The van der Waals surface area contributed by atoms with Crippen molar-refractivity contribution in [2.24, 2.45) is 0 Å². The summed E-state index contributed by atoms with van der Waals surface area (Å²) in [5, 5.41) is 3.19. The molecule has 20 heavy (non-hydrogen) atoms. The Morgan fingerprint density at radius 3 is 1.95 bits per heavy atom. The third-order valence-corrected chi connectivity index (χ3v) is 3.56. The molecule has 0 aliphatic rings.